The van der Waals surface area contributed by atoms with Crippen LogP contribution in [-0.2, 0) is 18.4 Å². The van der Waals surface area contributed by atoms with Crippen molar-refractivity contribution in [1.29, 1.82) is 0 Å². The molecule has 1 fully saturated rings. The van der Waals surface area contributed by atoms with Gasteiger partial charge < -0.3 is 19.3 Å². The highest BCUT2D eigenvalue weighted by Crippen LogP contribution is 2.30. The van der Waals surface area contributed by atoms with E-state index in [4.69, 9.17) is 14.2 Å². The fourth-order valence-electron chi connectivity index (χ4n) is 3.85. The molecule has 3 aromatic heterocycles. The van der Waals surface area contributed by atoms with Gasteiger partial charge in [-0.15, -0.1) is 5.10 Å². The first-order valence-corrected chi connectivity index (χ1v) is 10.7. The number of rotatable bonds is 8. The van der Waals surface area contributed by atoms with Crippen molar-refractivity contribution < 1.29 is 24.1 Å². The molecule has 3 heterocycles. The molecular weight excluding hydrogens is 428 g/mol. The molecule has 11 heteroatoms. The first-order valence-electron chi connectivity index (χ1n) is 10.7. The number of hydrogen-bond donors (Lipinski definition) is 1. The fraction of sp³-hybridized carbons (Fsp3) is 0.455. The van der Waals surface area contributed by atoms with E-state index in [1.165, 1.54) is 13.4 Å². The van der Waals surface area contributed by atoms with Gasteiger partial charge in [0.15, 0.2) is 0 Å². The van der Waals surface area contributed by atoms with Crippen molar-refractivity contribution in [3.63, 3.8) is 0 Å². The van der Waals surface area contributed by atoms with Crippen LogP contribution in [0.3, 0.4) is 0 Å². The van der Waals surface area contributed by atoms with Gasteiger partial charge in [-0.05, 0) is 44.7 Å². The molecular formula is C22H26N6O5. The van der Waals surface area contributed by atoms with E-state index in [2.05, 4.69) is 25.3 Å². The number of carboxylic acid groups (broad SMARTS) is 1. The minimum atomic E-state index is -0.758. The summed E-state index contributed by atoms with van der Waals surface area (Å²) < 4.78 is 18.6. The molecule has 1 aliphatic carbocycles. The van der Waals surface area contributed by atoms with Crippen molar-refractivity contribution in [3.05, 3.63) is 35.9 Å². The van der Waals surface area contributed by atoms with Gasteiger partial charge in [0, 0.05) is 7.05 Å². The van der Waals surface area contributed by atoms with Crippen molar-refractivity contribution in [2.24, 2.45) is 13.0 Å². The molecule has 0 saturated heterocycles. The molecule has 1 N–H and O–H groups in total. The third-order valence-electron chi connectivity index (χ3n) is 5.67. The second kappa shape index (κ2) is 9.80. The average molecular weight is 454 g/mol. The van der Waals surface area contributed by atoms with Crippen molar-refractivity contribution in [2.75, 3.05) is 7.11 Å². The summed E-state index contributed by atoms with van der Waals surface area (Å²) in [4.78, 5) is 24.0. The summed E-state index contributed by atoms with van der Waals surface area (Å²) in [6.45, 7) is 2.03. The maximum atomic E-state index is 11.3. The predicted molar refractivity (Wildman–Crippen MR) is 116 cm³/mol. The van der Waals surface area contributed by atoms with Crippen LogP contribution in [0.2, 0.25) is 0 Å². The Morgan fingerprint density at radius 2 is 2.06 bits per heavy atom. The van der Waals surface area contributed by atoms with Crippen LogP contribution >= 0.6 is 0 Å². The number of methoxy groups -OCH3 is 1. The second-order valence-electron chi connectivity index (χ2n) is 7.92. The third kappa shape index (κ3) is 5.18. The van der Waals surface area contributed by atoms with E-state index in [1.54, 1.807) is 17.8 Å². The highest BCUT2D eigenvalue weighted by molar-refractivity contribution is 5.70. The Kier molecular flexibility index (Phi) is 6.66. The summed E-state index contributed by atoms with van der Waals surface area (Å²) in [7, 11) is 3.30. The Balaban J connectivity index is 1.48. The molecule has 2 atom stereocenters. The zero-order chi connectivity index (χ0) is 23.4. The molecule has 0 aliphatic heterocycles. The van der Waals surface area contributed by atoms with Gasteiger partial charge in [-0.3, -0.25) is 4.79 Å². The van der Waals surface area contributed by atoms with Gasteiger partial charge >= 0.3 is 5.97 Å². The molecule has 0 aromatic carbocycles. The molecule has 0 amide bonds. The van der Waals surface area contributed by atoms with Crippen LogP contribution in [-0.4, -0.2) is 54.2 Å². The number of carbonyl (C=O) groups is 1. The van der Waals surface area contributed by atoms with Crippen molar-refractivity contribution in [3.8, 4) is 28.9 Å². The Bertz CT molecular complexity index is 1130. The maximum Gasteiger partial charge on any atom is 0.306 e. The molecule has 33 heavy (non-hydrogen) atoms. The molecule has 0 spiro atoms. The molecule has 1 saturated carbocycles. The van der Waals surface area contributed by atoms with Crippen LogP contribution in [0.15, 0.2) is 24.5 Å². The normalized spacial score (nSPS) is 18.0. The maximum absolute atomic E-state index is 11.3. The Labute approximate surface area is 190 Å². The largest absolute Gasteiger partial charge is 0.489 e. The minimum absolute atomic E-state index is 0.128. The number of hydrogen-bond acceptors (Lipinski definition) is 9. The summed E-state index contributed by atoms with van der Waals surface area (Å²) in [6, 6.07) is 5.26. The van der Waals surface area contributed by atoms with Gasteiger partial charge in [0.25, 0.3) is 0 Å². The van der Waals surface area contributed by atoms with Gasteiger partial charge in [0.2, 0.25) is 11.8 Å². The molecule has 174 valence electrons. The summed E-state index contributed by atoms with van der Waals surface area (Å²) in [5.74, 6) is 0.307. The molecule has 11 nitrogen and oxygen atoms in total. The lowest BCUT2D eigenvalue weighted by atomic mass is 9.87. The standard InChI is InChI=1S/C22H26N6O5/c1-13-18(33-15-6-4-5-14(9-15)22(29)30)8-7-16(25-13)21-17(28(2)27-26-21)11-32-20-10-19(31-3)23-12-24-20/h7-8,10,12,14-15H,4-6,9,11H2,1-3H3,(H,29,30)/t14-,15-/m0/s1. The lowest BCUT2D eigenvalue weighted by Crippen LogP contribution is -2.29. The SMILES string of the molecule is COc1cc(OCc2c(-c3ccc(O[C@H]4CCC[C@H](C(=O)O)C4)c(C)n3)nnn2C)ncn1. The van der Waals surface area contributed by atoms with E-state index in [9.17, 15) is 9.90 Å². The number of carboxylic acids is 1. The molecule has 0 unspecified atom stereocenters. The van der Waals surface area contributed by atoms with Crippen molar-refractivity contribution >= 4 is 5.97 Å². The number of aryl methyl sites for hydroxylation is 2. The van der Waals surface area contributed by atoms with Crippen molar-refractivity contribution in [1.82, 2.24) is 29.9 Å². The lowest BCUT2D eigenvalue weighted by Gasteiger charge is -2.27. The summed E-state index contributed by atoms with van der Waals surface area (Å²) >= 11 is 0. The number of ether oxygens (including phenoxy) is 3. The average Bonchev–Trinajstić information content (AvgIpc) is 3.19. The smallest absolute Gasteiger partial charge is 0.306 e. The van der Waals surface area contributed by atoms with Crippen molar-refractivity contribution in [2.45, 2.75) is 45.3 Å². The van der Waals surface area contributed by atoms with Gasteiger partial charge in [-0.2, -0.15) is 0 Å². The molecule has 0 bridgehead atoms. The zero-order valence-corrected chi connectivity index (χ0v) is 18.8. The Hall–Kier alpha value is -3.76. The summed E-state index contributed by atoms with van der Waals surface area (Å²) in [5, 5.41) is 17.7. The number of aromatic nitrogens is 6. The van der Waals surface area contributed by atoms with Crippen LogP contribution in [0, 0.1) is 12.8 Å². The topological polar surface area (TPSA) is 134 Å². The van der Waals surface area contributed by atoms with Gasteiger partial charge in [-0.1, -0.05) is 5.21 Å². The Morgan fingerprint density at radius 3 is 2.82 bits per heavy atom. The fourth-order valence-corrected chi connectivity index (χ4v) is 3.85. The van der Waals surface area contributed by atoms with E-state index >= 15 is 0 Å². The van der Waals surface area contributed by atoms with Gasteiger partial charge in [0.1, 0.15) is 30.1 Å². The Morgan fingerprint density at radius 1 is 1.24 bits per heavy atom. The molecule has 4 rings (SSSR count). The molecule has 1 aliphatic rings. The zero-order valence-electron chi connectivity index (χ0n) is 18.8. The van der Waals surface area contributed by atoms with E-state index in [0.717, 1.165) is 18.5 Å². The number of aliphatic carboxylic acids is 1. The predicted octanol–water partition coefficient (Wildman–Crippen LogP) is 2.59. The second-order valence-corrected chi connectivity index (χ2v) is 7.92. The van der Waals surface area contributed by atoms with E-state index < -0.39 is 5.97 Å². The monoisotopic (exact) mass is 454 g/mol. The van der Waals surface area contributed by atoms with Crippen LogP contribution in [0.25, 0.3) is 11.4 Å². The minimum Gasteiger partial charge on any atom is -0.489 e. The van der Waals surface area contributed by atoms with Crippen LogP contribution in [0.4, 0.5) is 0 Å². The van der Waals surface area contributed by atoms with E-state index in [1.807, 2.05) is 19.1 Å². The number of nitrogens with zero attached hydrogens (tertiary/aromatic N) is 6. The lowest BCUT2D eigenvalue weighted by molar-refractivity contribution is -0.143. The van der Waals surface area contributed by atoms with Crippen LogP contribution < -0.4 is 14.2 Å². The third-order valence-corrected chi connectivity index (χ3v) is 5.67. The molecule has 3 aromatic rings. The van der Waals surface area contributed by atoms with Gasteiger partial charge in [-0.25, -0.2) is 19.6 Å². The summed E-state index contributed by atoms with van der Waals surface area (Å²) in [6.07, 6.45) is 4.13. The first kappa shape index (κ1) is 22.4. The first-order chi connectivity index (χ1) is 15.9. The van der Waals surface area contributed by atoms with E-state index in [0.29, 0.717) is 47.4 Å². The van der Waals surface area contributed by atoms with E-state index in [-0.39, 0.29) is 18.6 Å². The number of pyridine rings is 1. The van der Waals surface area contributed by atoms with Crippen LogP contribution in [0.1, 0.15) is 37.1 Å². The highest BCUT2D eigenvalue weighted by atomic mass is 16.5. The van der Waals surface area contributed by atoms with Gasteiger partial charge in [0.05, 0.1) is 36.6 Å². The quantitative estimate of drug-likeness (QED) is 0.541. The summed E-state index contributed by atoms with van der Waals surface area (Å²) in [5.41, 5.74) is 2.66. The molecule has 0 radical (unpaired) electrons. The van der Waals surface area contributed by atoms with Crippen LogP contribution in [0.5, 0.6) is 17.5 Å². The highest BCUT2D eigenvalue weighted by Gasteiger charge is 2.28.